The van der Waals surface area contributed by atoms with Crippen molar-refractivity contribution in [2.75, 3.05) is 20.3 Å². The van der Waals surface area contributed by atoms with E-state index in [9.17, 15) is 20.0 Å². The Morgan fingerprint density at radius 3 is 2.74 bits per heavy atom. The molecule has 0 saturated carbocycles. The van der Waals surface area contributed by atoms with Gasteiger partial charge >= 0.3 is 5.97 Å². The van der Waals surface area contributed by atoms with Crippen LogP contribution < -0.4 is 4.74 Å². The van der Waals surface area contributed by atoms with Crippen LogP contribution >= 0.6 is 0 Å². The molecule has 1 N–H and O–H groups in total. The van der Waals surface area contributed by atoms with E-state index in [-0.39, 0.29) is 29.3 Å². The maximum Gasteiger partial charge on any atom is 0.343 e. The third-order valence-electron chi connectivity index (χ3n) is 2.65. The SMILES string of the molecule is CCN=CC(C(=O)OCC)=C(O)c1cc([N+](=O)[O-])cnc1OC. The van der Waals surface area contributed by atoms with Crippen molar-refractivity contribution in [2.24, 2.45) is 4.99 Å². The van der Waals surface area contributed by atoms with Gasteiger partial charge in [-0.1, -0.05) is 0 Å². The molecular weight excluding hydrogens is 306 g/mol. The topological polar surface area (TPSA) is 124 Å². The van der Waals surface area contributed by atoms with Gasteiger partial charge in [0, 0.05) is 18.8 Å². The molecule has 0 bridgehead atoms. The van der Waals surface area contributed by atoms with Gasteiger partial charge in [-0.05, 0) is 13.8 Å². The molecule has 0 aromatic carbocycles. The van der Waals surface area contributed by atoms with E-state index in [0.717, 1.165) is 18.5 Å². The van der Waals surface area contributed by atoms with Crippen LogP contribution in [0.3, 0.4) is 0 Å². The normalized spacial score (nSPS) is 12.0. The first-order valence-corrected chi connectivity index (χ1v) is 6.75. The molecule has 0 aliphatic carbocycles. The Balaban J connectivity index is 3.52. The number of nitro groups is 1. The monoisotopic (exact) mass is 323 g/mol. The van der Waals surface area contributed by atoms with Crippen LogP contribution in [-0.2, 0) is 9.53 Å². The highest BCUT2D eigenvalue weighted by molar-refractivity contribution is 6.15. The molecule has 0 fully saturated rings. The highest BCUT2D eigenvalue weighted by Crippen LogP contribution is 2.28. The van der Waals surface area contributed by atoms with E-state index in [4.69, 9.17) is 9.47 Å². The number of aliphatic hydroxyl groups excluding tert-OH is 1. The molecule has 0 saturated heterocycles. The zero-order valence-corrected chi connectivity index (χ0v) is 13.0. The van der Waals surface area contributed by atoms with Crippen molar-refractivity contribution in [1.82, 2.24) is 4.98 Å². The van der Waals surface area contributed by atoms with Crippen LogP contribution in [-0.4, -0.2) is 47.5 Å². The highest BCUT2D eigenvalue weighted by Gasteiger charge is 2.22. The maximum absolute atomic E-state index is 12.0. The molecule has 1 aromatic rings. The van der Waals surface area contributed by atoms with Gasteiger partial charge < -0.3 is 14.6 Å². The molecule has 0 radical (unpaired) electrons. The maximum atomic E-state index is 12.0. The summed E-state index contributed by atoms with van der Waals surface area (Å²) in [6, 6.07) is 1.06. The van der Waals surface area contributed by atoms with E-state index in [0.29, 0.717) is 6.54 Å². The minimum Gasteiger partial charge on any atom is -0.506 e. The van der Waals surface area contributed by atoms with E-state index < -0.39 is 16.7 Å². The summed E-state index contributed by atoms with van der Waals surface area (Å²) in [5, 5.41) is 21.2. The predicted molar refractivity (Wildman–Crippen MR) is 82.7 cm³/mol. The number of methoxy groups -OCH3 is 1. The number of hydrogen-bond acceptors (Lipinski definition) is 8. The fourth-order valence-corrected chi connectivity index (χ4v) is 1.62. The second kappa shape index (κ2) is 8.47. The standard InChI is InChI=1S/C14H17N3O6/c1-4-15-8-11(14(19)23-5-2)12(18)10-6-9(17(20)21)7-16-13(10)22-3/h6-8,18H,4-5H2,1-3H3. The van der Waals surface area contributed by atoms with Crippen molar-refractivity contribution in [2.45, 2.75) is 13.8 Å². The van der Waals surface area contributed by atoms with Crippen LogP contribution in [0.2, 0.25) is 0 Å². The van der Waals surface area contributed by atoms with Crippen molar-refractivity contribution >= 4 is 23.6 Å². The van der Waals surface area contributed by atoms with Gasteiger partial charge in [0.1, 0.15) is 17.5 Å². The third kappa shape index (κ3) is 4.50. The lowest BCUT2D eigenvalue weighted by atomic mass is 10.1. The summed E-state index contributed by atoms with van der Waals surface area (Å²) in [4.78, 5) is 29.8. The Morgan fingerprint density at radius 1 is 1.52 bits per heavy atom. The molecule has 9 heteroatoms. The van der Waals surface area contributed by atoms with E-state index in [1.165, 1.54) is 7.11 Å². The minimum atomic E-state index is -0.809. The Bertz CT molecular complexity index is 654. The van der Waals surface area contributed by atoms with Gasteiger partial charge in [0.2, 0.25) is 5.88 Å². The number of aromatic nitrogens is 1. The second-order valence-electron chi connectivity index (χ2n) is 4.12. The van der Waals surface area contributed by atoms with Crippen molar-refractivity contribution in [3.63, 3.8) is 0 Å². The molecule has 0 spiro atoms. The molecule has 0 unspecified atom stereocenters. The molecule has 1 heterocycles. The summed E-state index contributed by atoms with van der Waals surface area (Å²) < 4.78 is 9.82. The quantitative estimate of drug-likeness (QED) is 0.203. The largest absolute Gasteiger partial charge is 0.506 e. The molecular formula is C14H17N3O6. The molecule has 1 rings (SSSR count). The van der Waals surface area contributed by atoms with Crippen molar-refractivity contribution in [3.8, 4) is 5.88 Å². The average molecular weight is 323 g/mol. The summed E-state index contributed by atoms with van der Waals surface area (Å²) in [6.45, 7) is 3.82. The van der Waals surface area contributed by atoms with Crippen LogP contribution in [0.5, 0.6) is 5.88 Å². The van der Waals surface area contributed by atoms with Crippen molar-refractivity contribution < 1.29 is 24.3 Å². The van der Waals surface area contributed by atoms with Gasteiger partial charge in [0.25, 0.3) is 5.69 Å². The first-order valence-electron chi connectivity index (χ1n) is 6.75. The van der Waals surface area contributed by atoms with E-state index in [1.807, 2.05) is 0 Å². The van der Waals surface area contributed by atoms with Crippen LogP contribution in [0.15, 0.2) is 22.8 Å². The van der Waals surface area contributed by atoms with Crippen LogP contribution in [0.4, 0.5) is 5.69 Å². The molecule has 124 valence electrons. The Labute approximate surface area is 132 Å². The first-order chi connectivity index (χ1) is 11.0. The summed E-state index contributed by atoms with van der Waals surface area (Å²) >= 11 is 0. The Kier molecular flexibility index (Phi) is 6.66. The van der Waals surface area contributed by atoms with Gasteiger partial charge in [-0.2, -0.15) is 0 Å². The number of rotatable bonds is 7. The molecule has 0 atom stereocenters. The lowest BCUT2D eigenvalue weighted by molar-refractivity contribution is -0.385. The van der Waals surface area contributed by atoms with Crippen molar-refractivity contribution in [1.29, 1.82) is 0 Å². The third-order valence-corrected chi connectivity index (χ3v) is 2.65. The molecule has 1 aromatic heterocycles. The summed E-state index contributed by atoms with van der Waals surface area (Å²) in [5.41, 5.74) is -0.704. The fourth-order valence-electron chi connectivity index (χ4n) is 1.62. The molecule has 9 nitrogen and oxygen atoms in total. The number of aliphatic hydroxyl groups is 1. The zero-order chi connectivity index (χ0) is 17.4. The number of carbonyl (C=O) groups is 1. The number of aliphatic imine (C=N–C) groups is 1. The number of pyridine rings is 1. The molecule has 0 aliphatic rings. The lowest BCUT2D eigenvalue weighted by Gasteiger charge is -2.09. The number of carbonyl (C=O) groups excluding carboxylic acids is 1. The summed E-state index contributed by atoms with van der Waals surface area (Å²) in [5.74, 6) is -1.44. The van der Waals surface area contributed by atoms with Gasteiger partial charge in [0.05, 0.1) is 24.2 Å². The van der Waals surface area contributed by atoms with Crippen LogP contribution in [0.1, 0.15) is 19.4 Å². The minimum absolute atomic E-state index is 0.0696. The predicted octanol–water partition coefficient (Wildman–Crippen LogP) is 1.92. The van der Waals surface area contributed by atoms with Gasteiger partial charge in [-0.3, -0.25) is 15.1 Å². The van der Waals surface area contributed by atoms with Gasteiger partial charge in [-0.15, -0.1) is 0 Å². The molecule has 0 amide bonds. The smallest absolute Gasteiger partial charge is 0.343 e. The number of ether oxygens (including phenoxy) is 2. The average Bonchev–Trinajstić information content (AvgIpc) is 2.54. The number of hydrogen-bond donors (Lipinski definition) is 1. The summed E-state index contributed by atoms with van der Waals surface area (Å²) in [7, 11) is 1.29. The zero-order valence-electron chi connectivity index (χ0n) is 13.0. The van der Waals surface area contributed by atoms with Crippen LogP contribution in [0, 0.1) is 10.1 Å². The summed E-state index contributed by atoms with van der Waals surface area (Å²) in [6.07, 6.45) is 2.13. The Morgan fingerprint density at radius 2 is 2.22 bits per heavy atom. The van der Waals surface area contributed by atoms with Crippen molar-refractivity contribution in [3.05, 3.63) is 33.5 Å². The second-order valence-corrected chi connectivity index (χ2v) is 4.12. The first kappa shape index (κ1) is 18.1. The van der Waals surface area contributed by atoms with E-state index in [1.54, 1.807) is 13.8 Å². The van der Waals surface area contributed by atoms with Gasteiger partial charge in [-0.25, -0.2) is 9.78 Å². The number of nitrogens with zero attached hydrogens (tertiary/aromatic N) is 3. The van der Waals surface area contributed by atoms with E-state index >= 15 is 0 Å². The van der Waals surface area contributed by atoms with Gasteiger partial charge in [0.15, 0.2) is 0 Å². The molecule has 23 heavy (non-hydrogen) atoms. The number of esters is 1. The lowest BCUT2D eigenvalue weighted by Crippen LogP contribution is -2.12. The highest BCUT2D eigenvalue weighted by atomic mass is 16.6. The Hall–Kier alpha value is -2.97. The van der Waals surface area contributed by atoms with E-state index in [2.05, 4.69) is 9.98 Å². The van der Waals surface area contributed by atoms with Crippen LogP contribution in [0.25, 0.3) is 5.76 Å². The fraction of sp³-hybridized carbons (Fsp3) is 0.357. The molecule has 0 aliphatic heterocycles.